The predicted molar refractivity (Wildman–Crippen MR) is 176 cm³/mol. The molecule has 0 aromatic heterocycles. The quantitative estimate of drug-likeness (QED) is 0.392. The second-order valence-electron chi connectivity index (χ2n) is 14.4. The van der Waals surface area contributed by atoms with Crippen LogP contribution in [0.1, 0.15) is 81.8 Å². The molecular formula is C37H50F2N4O3. The number of carbonyl (C=O) groups is 2. The van der Waals surface area contributed by atoms with Gasteiger partial charge in [-0.3, -0.25) is 14.5 Å². The molecule has 9 heteroatoms. The first-order valence-corrected chi connectivity index (χ1v) is 17.3. The number of anilines is 1. The monoisotopic (exact) mass is 636 g/mol. The Balaban J connectivity index is 1.26. The van der Waals surface area contributed by atoms with Gasteiger partial charge in [-0.1, -0.05) is 38.5 Å². The maximum absolute atomic E-state index is 17.7. The number of alkyl halides is 1. The largest absolute Gasteiger partial charge is 0.497 e. The molecule has 2 aromatic rings. The number of benzene rings is 2. The van der Waals surface area contributed by atoms with Crippen LogP contribution in [0.4, 0.5) is 14.5 Å². The normalized spacial score (nSPS) is 30.9. The van der Waals surface area contributed by atoms with Crippen molar-refractivity contribution in [2.45, 2.75) is 82.3 Å². The molecule has 4 atom stereocenters. The van der Waals surface area contributed by atoms with E-state index >= 15 is 4.39 Å². The van der Waals surface area contributed by atoms with Crippen molar-refractivity contribution in [3.63, 3.8) is 0 Å². The molecule has 0 spiro atoms. The second-order valence-corrected chi connectivity index (χ2v) is 14.4. The summed E-state index contributed by atoms with van der Waals surface area (Å²) in [4.78, 5) is 32.4. The minimum absolute atomic E-state index is 0.0428. The fraction of sp³-hybridized carbons (Fsp3) is 0.622. The van der Waals surface area contributed by atoms with Crippen molar-refractivity contribution in [2.24, 2.45) is 23.5 Å². The fourth-order valence-corrected chi connectivity index (χ4v) is 8.73. The van der Waals surface area contributed by atoms with Gasteiger partial charge in [0.2, 0.25) is 11.6 Å². The van der Waals surface area contributed by atoms with E-state index in [1.807, 2.05) is 30.3 Å². The highest BCUT2D eigenvalue weighted by Crippen LogP contribution is 2.47. The summed E-state index contributed by atoms with van der Waals surface area (Å²) in [5, 5.41) is 0. The topological polar surface area (TPSA) is 79.1 Å². The number of nitrogens with two attached hydrogens (primary N) is 1. The highest BCUT2D eigenvalue weighted by atomic mass is 19.1. The number of amides is 2. The van der Waals surface area contributed by atoms with Crippen LogP contribution in [0.3, 0.4) is 0 Å². The van der Waals surface area contributed by atoms with Gasteiger partial charge in [-0.2, -0.15) is 0 Å². The average Bonchev–Trinajstić information content (AvgIpc) is 3.67. The van der Waals surface area contributed by atoms with Crippen LogP contribution in [0.5, 0.6) is 5.75 Å². The lowest BCUT2D eigenvalue weighted by Crippen LogP contribution is -2.50. The lowest BCUT2D eigenvalue weighted by atomic mass is 9.85. The third-order valence-electron chi connectivity index (χ3n) is 11.7. The third-order valence-corrected chi connectivity index (χ3v) is 11.7. The minimum atomic E-state index is -2.05. The number of halogens is 2. The van der Waals surface area contributed by atoms with E-state index in [4.69, 9.17) is 10.5 Å². The van der Waals surface area contributed by atoms with Gasteiger partial charge in [-0.15, -0.1) is 0 Å². The molecule has 250 valence electrons. The van der Waals surface area contributed by atoms with Crippen LogP contribution < -0.4 is 15.4 Å². The Morgan fingerprint density at radius 1 is 0.978 bits per heavy atom. The van der Waals surface area contributed by atoms with Crippen LogP contribution in [-0.2, 0) is 9.59 Å². The summed E-state index contributed by atoms with van der Waals surface area (Å²) < 4.78 is 37.7. The Labute approximate surface area is 272 Å². The van der Waals surface area contributed by atoms with Crippen LogP contribution in [0.15, 0.2) is 42.5 Å². The van der Waals surface area contributed by atoms with E-state index in [0.29, 0.717) is 57.2 Å². The SMILES string of the molecule is CC[C@H]1CN(C(=O)[C@]2(F)CN([C@H]3CC[C@H](C)CC3)C[C@H]2c2ccc(OC)cc2)C[C@@H]1c1ccc(F)cc1N1CCC(C(N)=O)CC1. The molecule has 0 unspecified atom stereocenters. The molecule has 0 radical (unpaired) electrons. The van der Waals surface area contributed by atoms with Gasteiger partial charge >= 0.3 is 0 Å². The Hall–Kier alpha value is -3.20. The minimum Gasteiger partial charge on any atom is -0.497 e. The third kappa shape index (κ3) is 6.36. The van der Waals surface area contributed by atoms with Gasteiger partial charge < -0.3 is 20.3 Å². The number of carbonyl (C=O) groups excluding carboxylic acids is 2. The smallest absolute Gasteiger partial charge is 0.262 e. The van der Waals surface area contributed by atoms with E-state index in [2.05, 4.69) is 23.6 Å². The zero-order chi connectivity index (χ0) is 32.6. The van der Waals surface area contributed by atoms with E-state index in [1.165, 1.54) is 6.07 Å². The molecule has 4 fully saturated rings. The lowest BCUT2D eigenvalue weighted by molar-refractivity contribution is -0.143. The van der Waals surface area contributed by atoms with E-state index in [9.17, 15) is 14.0 Å². The number of piperidine rings is 1. The molecule has 2 aromatic carbocycles. The van der Waals surface area contributed by atoms with Crippen molar-refractivity contribution < 1.29 is 23.1 Å². The summed E-state index contributed by atoms with van der Waals surface area (Å²) in [6, 6.07) is 12.7. The van der Waals surface area contributed by atoms with Crippen LogP contribution in [0.25, 0.3) is 0 Å². The molecule has 7 nitrogen and oxygen atoms in total. The summed E-state index contributed by atoms with van der Waals surface area (Å²) in [6.07, 6.45) is 6.42. The molecule has 3 aliphatic heterocycles. The molecule has 3 heterocycles. The molecule has 3 saturated heterocycles. The Morgan fingerprint density at radius 2 is 1.67 bits per heavy atom. The number of primary amides is 1. The summed E-state index contributed by atoms with van der Waals surface area (Å²) in [5.41, 5.74) is 6.15. The van der Waals surface area contributed by atoms with E-state index in [1.54, 1.807) is 18.1 Å². The van der Waals surface area contributed by atoms with Gasteiger partial charge in [0.15, 0.2) is 0 Å². The zero-order valence-electron chi connectivity index (χ0n) is 27.6. The Kier molecular flexibility index (Phi) is 9.60. The fourth-order valence-electron chi connectivity index (χ4n) is 8.73. The highest BCUT2D eigenvalue weighted by molar-refractivity contribution is 5.88. The first kappa shape index (κ1) is 32.7. The number of methoxy groups -OCH3 is 1. The van der Waals surface area contributed by atoms with Crippen LogP contribution in [-0.4, -0.2) is 79.7 Å². The van der Waals surface area contributed by atoms with Crippen LogP contribution in [0.2, 0.25) is 0 Å². The van der Waals surface area contributed by atoms with Gasteiger partial charge in [0.05, 0.1) is 7.11 Å². The molecule has 1 saturated carbocycles. The number of likely N-dealkylation sites (tertiary alicyclic amines) is 2. The number of hydrogen-bond acceptors (Lipinski definition) is 5. The summed E-state index contributed by atoms with van der Waals surface area (Å²) in [5.74, 6) is -0.294. The molecule has 2 amide bonds. The molecular weight excluding hydrogens is 586 g/mol. The first-order chi connectivity index (χ1) is 22.1. The zero-order valence-corrected chi connectivity index (χ0v) is 27.6. The number of hydrogen-bond donors (Lipinski definition) is 1. The molecule has 2 N–H and O–H groups in total. The lowest BCUT2D eigenvalue weighted by Gasteiger charge is -2.35. The van der Waals surface area contributed by atoms with Gasteiger partial charge in [0.1, 0.15) is 11.6 Å². The van der Waals surface area contributed by atoms with Crippen LogP contribution >= 0.6 is 0 Å². The molecule has 0 bridgehead atoms. The maximum Gasteiger partial charge on any atom is 0.262 e. The Morgan fingerprint density at radius 3 is 2.30 bits per heavy atom. The molecule has 46 heavy (non-hydrogen) atoms. The van der Waals surface area contributed by atoms with E-state index < -0.39 is 17.5 Å². The average molecular weight is 637 g/mol. The van der Waals surface area contributed by atoms with Crippen molar-refractivity contribution >= 4 is 17.5 Å². The predicted octanol–water partition coefficient (Wildman–Crippen LogP) is 5.87. The number of ether oxygens (including phenoxy) is 1. The number of rotatable bonds is 8. The number of nitrogens with zero attached hydrogens (tertiary/aromatic N) is 3. The maximum atomic E-state index is 17.7. The van der Waals surface area contributed by atoms with E-state index in [0.717, 1.165) is 48.9 Å². The van der Waals surface area contributed by atoms with Crippen molar-refractivity contribution in [2.75, 3.05) is 51.3 Å². The first-order valence-electron chi connectivity index (χ1n) is 17.3. The molecule has 4 aliphatic rings. The van der Waals surface area contributed by atoms with Crippen LogP contribution in [0, 0.1) is 23.6 Å². The van der Waals surface area contributed by atoms with Gasteiger partial charge in [0, 0.05) is 68.8 Å². The van der Waals surface area contributed by atoms with Crippen molar-refractivity contribution in [1.29, 1.82) is 0 Å². The van der Waals surface area contributed by atoms with Gasteiger partial charge in [-0.05, 0) is 85.8 Å². The Bertz CT molecular complexity index is 1390. The van der Waals surface area contributed by atoms with Gasteiger partial charge in [-0.25, -0.2) is 8.78 Å². The van der Waals surface area contributed by atoms with E-state index in [-0.39, 0.29) is 42.1 Å². The summed E-state index contributed by atoms with van der Waals surface area (Å²) in [7, 11) is 1.61. The summed E-state index contributed by atoms with van der Waals surface area (Å²) in [6.45, 7) is 7.12. The van der Waals surface area contributed by atoms with Crippen molar-refractivity contribution in [1.82, 2.24) is 9.80 Å². The van der Waals surface area contributed by atoms with Crippen molar-refractivity contribution in [3.8, 4) is 5.75 Å². The van der Waals surface area contributed by atoms with Gasteiger partial charge in [0.25, 0.3) is 5.91 Å². The highest BCUT2D eigenvalue weighted by Gasteiger charge is 2.57. The summed E-state index contributed by atoms with van der Waals surface area (Å²) >= 11 is 0. The standard InChI is InChI=1S/C37H50F2N4O3/c1-4-25-20-42(21-32(25)31-14-9-28(38)19-34(31)41-17-15-27(16-18-41)35(40)44)36(45)37(39)23-43(29-10-5-24(2)6-11-29)22-33(37)26-7-12-30(46-3)13-8-26/h7-9,12-14,19,24-25,27,29,32-33H,4-6,10-11,15-18,20-23H2,1-3H3,(H2,40,44)/t24-,25-,29-,32-,33-,37-/m0/s1. The molecule has 1 aliphatic carbocycles. The second kappa shape index (κ2) is 13.5. The van der Waals surface area contributed by atoms with Crippen molar-refractivity contribution in [3.05, 3.63) is 59.4 Å². The molecule has 6 rings (SSSR count).